The van der Waals surface area contributed by atoms with Gasteiger partial charge >= 0.3 is 5.97 Å². The highest BCUT2D eigenvalue weighted by Crippen LogP contribution is 2.32. The highest BCUT2D eigenvalue weighted by molar-refractivity contribution is 9.10. The summed E-state index contributed by atoms with van der Waals surface area (Å²) >= 11 is 3.41. The number of aryl methyl sites for hydroxylation is 1. The van der Waals surface area contributed by atoms with Crippen LogP contribution >= 0.6 is 15.9 Å². The summed E-state index contributed by atoms with van der Waals surface area (Å²) in [7, 11) is 0. The Kier molecular flexibility index (Phi) is 3.81. The highest BCUT2D eigenvalue weighted by Gasteiger charge is 2.36. The molecule has 0 N–H and O–H groups in total. The van der Waals surface area contributed by atoms with Crippen molar-refractivity contribution in [2.75, 3.05) is 0 Å². The number of rotatable bonds is 1. The molecule has 0 bridgehead atoms. The van der Waals surface area contributed by atoms with Crippen molar-refractivity contribution in [1.82, 2.24) is 0 Å². The van der Waals surface area contributed by atoms with Gasteiger partial charge in [0.05, 0.1) is 0 Å². The van der Waals surface area contributed by atoms with Crippen molar-refractivity contribution in [3.63, 3.8) is 0 Å². The molecule has 1 aliphatic rings. The van der Waals surface area contributed by atoms with E-state index in [0.717, 1.165) is 15.6 Å². The topological polar surface area (TPSA) is 43.4 Å². The summed E-state index contributed by atoms with van der Waals surface area (Å²) in [5, 5.41) is 0. The molecule has 19 heavy (non-hydrogen) atoms. The average molecular weight is 325 g/mol. The smallest absolute Gasteiger partial charge is 0.321 e. The van der Waals surface area contributed by atoms with E-state index in [1.807, 2.05) is 18.2 Å². The Labute approximate surface area is 121 Å². The van der Waals surface area contributed by atoms with Gasteiger partial charge in [-0.25, -0.2) is 0 Å². The predicted octanol–water partition coefficient (Wildman–Crippen LogP) is 3.39. The zero-order valence-electron chi connectivity index (χ0n) is 11.3. The van der Waals surface area contributed by atoms with Crippen LogP contribution in [0.2, 0.25) is 0 Å². The first kappa shape index (κ1) is 14.3. The summed E-state index contributed by atoms with van der Waals surface area (Å²) in [6.07, 6.45) is 1.08. The van der Waals surface area contributed by atoms with Crippen LogP contribution in [0.5, 0.6) is 0 Å². The van der Waals surface area contributed by atoms with Gasteiger partial charge in [-0.2, -0.15) is 0 Å². The number of halogens is 1. The van der Waals surface area contributed by atoms with E-state index in [1.165, 1.54) is 0 Å². The Morgan fingerprint density at radius 1 is 1.32 bits per heavy atom. The summed E-state index contributed by atoms with van der Waals surface area (Å²) < 4.78 is 6.32. The van der Waals surface area contributed by atoms with Gasteiger partial charge in [0, 0.05) is 10.9 Å². The lowest BCUT2D eigenvalue weighted by Gasteiger charge is -2.27. The van der Waals surface area contributed by atoms with E-state index in [2.05, 4.69) is 15.9 Å². The molecule has 0 saturated carbocycles. The predicted molar refractivity (Wildman–Crippen MR) is 76.1 cm³/mol. The number of benzene rings is 1. The number of fused-ring (bicyclic) bond motifs is 1. The third-order valence-electron chi connectivity index (χ3n) is 3.02. The van der Waals surface area contributed by atoms with Crippen molar-refractivity contribution >= 4 is 27.7 Å². The maximum Gasteiger partial charge on any atom is 0.321 e. The van der Waals surface area contributed by atoms with Gasteiger partial charge < -0.3 is 4.74 Å². The summed E-state index contributed by atoms with van der Waals surface area (Å²) in [5.41, 5.74) is 1.25. The minimum atomic E-state index is -0.768. The number of esters is 1. The van der Waals surface area contributed by atoms with E-state index < -0.39 is 17.5 Å². The second-order valence-corrected chi connectivity index (χ2v) is 6.69. The second-order valence-electron chi connectivity index (χ2n) is 5.78. The number of hydrogen-bond acceptors (Lipinski definition) is 3. The Bertz CT molecular complexity index is 529. The molecule has 0 amide bonds. The van der Waals surface area contributed by atoms with E-state index in [-0.39, 0.29) is 5.78 Å². The lowest BCUT2D eigenvalue weighted by atomic mass is 9.82. The van der Waals surface area contributed by atoms with Crippen LogP contribution in [0.15, 0.2) is 22.7 Å². The molecule has 4 heteroatoms. The molecule has 3 nitrogen and oxygen atoms in total. The van der Waals surface area contributed by atoms with Crippen LogP contribution in [0, 0.1) is 0 Å². The molecule has 102 valence electrons. The molecule has 0 unspecified atom stereocenters. The number of hydrogen-bond donors (Lipinski definition) is 0. The molecule has 1 aliphatic carbocycles. The van der Waals surface area contributed by atoms with Crippen molar-refractivity contribution in [3.8, 4) is 0 Å². The number of ether oxygens (including phenoxy) is 1. The van der Waals surface area contributed by atoms with Crippen LogP contribution in [0.25, 0.3) is 0 Å². The summed E-state index contributed by atoms with van der Waals surface area (Å²) in [6.45, 7) is 5.42. The number of carbonyl (C=O) groups excluding carboxylic acids is 2. The van der Waals surface area contributed by atoms with Gasteiger partial charge in [-0.05, 0) is 50.5 Å². The molecule has 0 saturated heterocycles. The van der Waals surface area contributed by atoms with Gasteiger partial charge in [0.1, 0.15) is 11.5 Å². The van der Waals surface area contributed by atoms with Crippen molar-refractivity contribution in [1.29, 1.82) is 0 Å². The quantitative estimate of drug-likeness (QED) is 0.587. The van der Waals surface area contributed by atoms with Crippen LogP contribution in [0.1, 0.15) is 44.2 Å². The fourth-order valence-corrected chi connectivity index (χ4v) is 2.68. The first-order valence-electron chi connectivity index (χ1n) is 6.32. The Balaban J connectivity index is 2.35. The molecule has 0 heterocycles. The molecular formula is C15H17BrO3. The molecule has 0 spiro atoms. The summed E-state index contributed by atoms with van der Waals surface area (Å²) in [4.78, 5) is 24.3. The van der Waals surface area contributed by atoms with Crippen LogP contribution in [-0.4, -0.2) is 17.4 Å². The third kappa shape index (κ3) is 3.24. The summed E-state index contributed by atoms with van der Waals surface area (Å²) in [6, 6.07) is 5.67. The van der Waals surface area contributed by atoms with E-state index in [1.54, 1.807) is 20.8 Å². The molecule has 1 atom stereocenters. The van der Waals surface area contributed by atoms with Crippen molar-refractivity contribution < 1.29 is 14.3 Å². The van der Waals surface area contributed by atoms with Crippen LogP contribution in [0.4, 0.5) is 0 Å². The van der Waals surface area contributed by atoms with Crippen molar-refractivity contribution in [3.05, 3.63) is 33.8 Å². The first-order chi connectivity index (χ1) is 8.78. The number of Topliss-reactive ketones (excluding diaryl/α,β-unsaturated/α-hetero) is 1. The highest BCUT2D eigenvalue weighted by atomic mass is 79.9. The number of carbonyl (C=O) groups is 2. The molecule has 1 aromatic rings. The minimum Gasteiger partial charge on any atom is -0.459 e. The van der Waals surface area contributed by atoms with Gasteiger partial charge in [-0.1, -0.05) is 22.0 Å². The molecule has 0 aromatic heterocycles. The largest absolute Gasteiger partial charge is 0.459 e. The average Bonchev–Trinajstić information content (AvgIpc) is 2.26. The fraction of sp³-hybridized carbons (Fsp3) is 0.467. The summed E-state index contributed by atoms with van der Waals surface area (Å²) in [5.74, 6) is -1.26. The zero-order valence-corrected chi connectivity index (χ0v) is 12.9. The fourth-order valence-electron chi connectivity index (χ4n) is 2.27. The molecule has 0 fully saturated rings. The standard InChI is InChI=1S/C15H17BrO3/c1-15(2,3)19-14(18)13-11-6-5-10(16)8-9(11)4-7-12(13)17/h5-6,8,13H,4,7H2,1-3H3/t13-/m0/s1. The molecule has 0 aliphatic heterocycles. The third-order valence-corrected chi connectivity index (χ3v) is 3.51. The molecular weight excluding hydrogens is 308 g/mol. The number of ketones is 1. The first-order valence-corrected chi connectivity index (χ1v) is 7.11. The van der Waals surface area contributed by atoms with E-state index >= 15 is 0 Å². The Morgan fingerprint density at radius 2 is 2.00 bits per heavy atom. The maximum absolute atomic E-state index is 12.2. The van der Waals surface area contributed by atoms with Crippen LogP contribution in [-0.2, 0) is 20.7 Å². The van der Waals surface area contributed by atoms with Gasteiger partial charge in [0.2, 0.25) is 0 Å². The Morgan fingerprint density at radius 3 is 2.63 bits per heavy atom. The monoisotopic (exact) mass is 324 g/mol. The van der Waals surface area contributed by atoms with Gasteiger partial charge in [0.25, 0.3) is 0 Å². The van der Waals surface area contributed by atoms with E-state index in [9.17, 15) is 9.59 Å². The van der Waals surface area contributed by atoms with Crippen molar-refractivity contribution in [2.45, 2.75) is 45.1 Å². The maximum atomic E-state index is 12.2. The Hall–Kier alpha value is -1.16. The van der Waals surface area contributed by atoms with E-state index in [0.29, 0.717) is 12.8 Å². The van der Waals surface area contributed by atoms with Crippen LogP contribution in [0.3, 0.4) is 0 Å². The second kappa shape index (κ2) is 5.08. The molecule has 1 aromatic carbocycles. The van der Waals surface area contributed by atoms with Crippen LogP contribution < -0.4 is 0 Å². The SMILES string of the molecule is CC(C)(C)OC(=O)[C@@H]1C(=O)CCc2cc(Br)ccc21. The molecule has 0 radical (unpaired) electrons. The normalized spacial score (nSPS) is 18.9. The molecule has 2 rings (SSSR count). The van der Waals surface area contributed by atoms with E-state index in [4.69, 9.17) is 4.74 Å². The minimum absolute atomic E-state index is 0.0518. The van der Waals surface area contributed by atoms with Gasteiger partial charge in [-0.3, -0.25) is 9.59 Å². The zero-order chi connectivity index (χ0) is 14.2. The lowest BCUT2D eigenvalue weighted by Crippen LogP contribution is -2.33. The van der Waals surface area contributed by atoms with Crippen molar-refractivity contribution in [2.24, 2.45) is 0 Å². The van der Waals surface area contributed by atoms with Gasteiger partial charge in [-0.15, -0.1) is 0 Å². The van der Waals surface area contributed by atoms with Gasteiger partial charge in [0.15, 0.2) is 5.78 Å². The lowest BCUT2D eigenvalue weighted by molar-refractivity contribution is -0.158.